The maximum Gasteiger partial charge on any atom is 0.255 e. The molecule has 0 unspecified atom stereocenters. The zero-order valence-corrected chi connectivity index (χ0v) is 15.5. The quantitative estimate of drug-likeness (QED) is 0.694. The topological polar surface area (TPSA) is 85.2 Å². The Morgan fingerprint density at radius 3 is 2.93 bits per heavy atom. The summed E-state index contributed by atoms with van der Waals surface area (Å²) in [7, 11) is 0. The fourth-order valence-electron chi connectivity index (χ4n) is 3.14. The number of thiophene rings is 1. The Labute approximate surface area is 160 Å². The number of nitrogens with one attached hydrogen (secondary N) is 1. The van der Waals surface area contributed by atoms with Crippen LogP contribution in [0.1, 0.15) is 21.3 Å². The van der Waals surface area contributed by atoms with Crippen molar-refractivity contribution in [2.45, 2.75) is 6.04 Å². The molecular formula is C18H20N6O2S. The molecule has 4 heterocycles. The van der Waals surface area contributed by atoms with E-state index >= 15 is 0 Å². The monoisotopic (exact) mass is 384 g/mol. The molecule has 0 saturated carbocycles. The summed E-state index contributed by atoms with van der Waals surface area (Å²) in [5, 5.41) is 9.22. The average molecular weight is 384 g/mol. The molecule has 1 amide bonds. The van der Waals surface area contributed by atoms with Gasteiger partial charge in [-0.3, -0.25) is 9.69 Å². The Morgan fingerprint density at radius 1 is 1.30 bits per heavy atom. The lowest BCUT2D eigenvalue weighted by molar-refractivity contribution is 0.0169. The Balaban J connectivity index is 1.51. The van der Waals surface area contributed by atoms with Crippen molar-refractivity contribution in [3.8, 4) is 5.82 Å². The molecule has 1 N–H and O–H groups in total. The van der Waals surface area contributed by atoms with Crippen LogP contribution in [-0.4, -0.2) is 63.4 Å². The lowest BCUT2D eigenvalue weighted by atomic mass is 10.1. The first-order valence-electron chi connectivity index (χ1n) is 8.76. The molecule has 0 aliphatic carbocycles. The normalized spacial score (nSPS) is 16.1. The van der Waals surface area contributed by atoms with Gasteiger partial charge < -0.3 is 10.1 Å². The molecule has 27 heavy (non-hydrogen) atoms. The molecule has 9 heteroatoms. The molecule has 0 aromatic carbocycles. The van der Waals surface area contributed by atoms with Gasteiger partial charge in [-0.05, 0) is 23.6 Å². The van der Waals surface area contributed by atoms with Crippen LogP contribution >= 0.6 is 11.3 Å². The van der Waals surface area contributed by atoms with Crippen LogP contribution in [0.15, 0.2) is 48.5 Å². The number of rotatable bonds is 6. The lowest BCUT2D eigenvalue weighted by Crippen LogP contribution is -2.43. The van der Waals surface area contributed by atoms with Crippen LogP contribution in [0.3, 0.4) is 0 Å². The summed E-state index contributed by atoms with van der Waals surface area (Å²) in [6.07, 6.45) is 4.58. The van der Waals surface area contributed by atoms with Crippen molar-refractivity contribution < 1.29 is 9.53 Å². The number of carbonyl (C=O) groups is 1. The fraction of sp³-hybridized carbons (Fsp3) is 0.333. The second-order valence-electron chi connectivity index (χ2n) is 6.10. The first kappa shape index (κ1) is 17.8. The molecule has 4 rings (SSSR count). The van der Waals surface area contributed by atoms with Crippen molar-refractivity contribution in [1.29, 1.82) is 0 Å². The van der Waals surface area contributed by atoms with E-state index in [1.807, 2.05) is 6.07 Å². The Kier molecular flexibility index (Phi) is 5.52. The highest BCUT2D eigenvalue weighted by molar-refractivity contribution is 7.10. The van der Waals surface area contributed by atoms with E-state index in [4.69, 9.17) is 4.74 Å². The van der Waals surface area contributed by atoms with Gasteiger partial charge in [0.15, 0.2) is 5.82 Å². The molecule has 0 spiro atoms. The minimum Gasteiger partial charge on any atom is -0.379 e. The smallest absolute Gasteiger partial charge is 0.255 e. The van der Waals surface area contributed by atoms with Gasteiger partial charge in [-0.15, -0.1) is 11.3 Å². The number of ether oxygens (including phenoxy) is 1. The molecule has 1 atom stereocenters. The highest BCUT2D eigenvalue weighted by Gasteiger charge is 2.24. The second-order valence-corrected chi connectivity index (χ2v) is 7.08. The number of amides is 1. The van der Waals surface area contributed by atoms with Gasteiger partial charge in [0, 0.05) is 30.7 Å². The van der Waals surface area contributed by atoms with E-state index in [0.717, 1.165) is 26.3 Å². The minimum atomic E-state index is -0.177. The van der Waals surface area contributed by atoms with Gasteiger partial charge in [-0.25, -0.2) is 14.6 Å². The Morgan fingerprint density at radius 2 is 2.19 bits per heavy atom. The van der Waals surface area contributed by atoms with Crippen molar-refractivity contribution in [2.24, 2.45) is 0 Å². The van der Waals surface area contributed by atoms with Crippen LogP contribution in [-0.2, 0) is 4.74 Å². The Bertz CT molecular complexity index is 862. The van der Waals surface area contributed by atoms with Gasteiger partial charge in [0.05, 0.1) is 24.8 Å². The number of carbonyl (C=O) groups excluding carboxylic acids is 1. The molecule has 1 saturated heterocycles. The molecule has 1 aliphatic rings. The van der Waals surface area contributed by atoms with Crippen molar-refractivity contribution in [3.05, 3.63) is 58.9 Å². The maximum atomic E-state index is 12.9. The van der Waals surface area contributed by atoms with Crippen LogP contribution in [0.25, 0.3) is 5.82 Å². The lowest BCUT2D eigenvalue weighted by Gasteiger charge is -2.34. The van der Waals surface area contributed by atoms with Crippen molar-refractivity contribution in [2.75, 3.05) is 32.8 Å². The molecule has 0 radical (unpaired) electrons. The van der Waals surface area contributed by atoms with Gasteiger partial charge in [0.2, 0.25) is 0 Å². The van der Waals surface area contributed by atoms with E-state index in [2.05, 4.69) is 36.7 Å². The van der Waals surface area contributed by atoms with Crippen LogP contribution in [0.2, 0.25) is 0 Å². The zero-order chi connectivity index (χ0) is 18.5. The highest BCUT2D eigenvalue weighted by atomic mass is 32.1. The molecule has 3 aromatic heterocycles. The summed E-state index contributed by atoms with van der Waals surface area (Å²) < 4.78 is 6.96. The van der Waals surface area contributed by atoms with Crippen LogP contribution in [0.5, 0.6) is 0 Å². The van der Waals surface area contributed by atoms with Crippen molar-refractivity contribution >= 4 is 17.2 Å². The predicted molar refractivity (Wildman–Crippen MR) is 101 cm³/mol. The first-order chi connectivity index (χ1) is 13.3. The average Bonchev–Trinajstić information content (AvgIpc) is 3.43. The van der Waals surface area contributed by atoms with Crippen LogP contribution in [0, 0.1) is 0 Å². The van der Waals surface area contributed by atoms with Gasteiger partial charge in [0.1, 0.15) is 12.7 Å². The number of aromatic nitrogens is 4. The molecule has 0 bridgehead atoms. The number of hydrogen-bond acceptors (Lipinski definition) is 7. The largest absolute Gasteiger partial charge is 0.379 e. The summed E-state index contributed by atoms with van der Waals surface area (Å²) in [5.74, 6) is 0.287. The minimum absolute atomic E-state index is 0.129. The number of hydrogen-bond donors (Lipinski definition) is 1. The van der Waals surface area contributed by atoms with E-state index in [9.17, 15) is 4.79 Å². The van der Waals surface area contributed by atoms with E-state index in [1.165, 1.54) is 22.2 Å². The fourth-order valence-corrected chi connectivity index (χ4v) is 4.00. The van der Waals surface area contributed by atoms with E-state index in [1.54, 1.807) is 29.7 Å². The third-order valence-corrected chi connectivity index (χ3v) is 5.45. The summed E-state index contributed by atoms with van der Waals surface area (Å²) in [6, 6.07) is 7.77. The van der Waals surface area contributed by atoms with Crippen LogP contribution < -0.4 is 5.32 Å². The standard InChI is InChI=1S/C18H20N6O2S/c25-18(14-3-1-5-20-17(14)24-13-19-12-22-24)21-11-15(16-4-2-10-27-16)23-6-8-26-9-7-23/h1-5,10,12-13,15H,6-9,11H2,(H,21,25)/t15-/m1/s1. The summed E-state index contributed by atoms with van der Waals surface area (Å²) in [6.45, 7) is 3.67. The van der Waals surface area contributed by atoms with Gasteiger partial charge in [-0.1, -0.05) is 6.07 Å². The van der Waals surface area contributed by atoms with Gasteiger partial charge in [-0.2, -0.15) is 5.10 Å². The van der Waals surface area contributed by atoms with Gasteiger partial charge >= 0.3 is 0 Å². The third-order valence-electron chi connectivity index (χ3n) is 4.48. The maximum absolute atomic E-state index is 12.9. The summed E-state index contributed by atoms with van der Waals surface area (Å²) in [5.41, 5.74) is 0.468. The second kappa shape index (κ2) is 8.38. The molecule has 3 aromatic rings. The van der Waals surface area contributed by atoms with E-state index in [0.29, 0.717) is 17.9 Å². The van der Waals surface area contributed by atoms with Gasteiger partial charge in [0.25, 0.3) is 5.91 Å². The third kappa shape index (κ3) is 4.05. The number of pyridine rings is 1. The molecule has 1 fully saturated rings. The summed E-state index contributed by atoms with van der Waals surface area (Å²) in [4.78, 5) is 24.7. The molecule has 1 aliphatic heterocycles. The van der Waals surface area contributed by atoms with Crippen molar-refractivity contribution in [3.63, 3.8) is 0 Å². The van der Waals surface area contributed by atoms with E-state index in [-0.39, 0.29) is 11.9 Å². The number of nitrogens with zero attached hydrogens (tertiary/aromatic N) is 5. The molecule has 8 nitrogen and oxygen atoms in total. The van der Waals surface area contributed by atoms with E-state index < -0.39 is 0 Å². The first-order valence-corrected chi connectivity index (χ1v) is 9.64. The number of morpholine rings is 1. The zero-order valence-electron chi connectivity index (χ0n) is 14.7. The Hall–Kier alpha value is -2.62. The molecular weight excluding hydrogens is 364 g/mol. The predicted octanol–water partition coefficient (Wildman–Crippen LogP) is 1.53. The SMILES string of the molecule is O=C(NC[C@H](c1cccs1)N1CCOCC1)c1cccnc1-n1cncn1. The van der Waals surface area contributed by atoms with Crippen LogP contribution in [0.4, 0.5) is 0 Å². The highest BCUT2D eigenvalue weighted by Crippen LogP contribution is 2.25. The summed E-state index contributed by atoms with van der Waals surface area (Å²) >= 11 is 1.70. The van der Waals surface area contributed by atoms with Crippen molar-refractivity contribution in [1.82, 2.24) is 30.0 Å². The molecule has 140 valence electrons.